The van der Waals surface area contributed by atoms with Crippen molar-refractivity contribution in [3.63, 3.8) is 0 Å². The van der Waals surface area contributed by atoms with Gasteiger partial charge in [-0.3, -0.25) is 9.59 Å². The molecule has 1 atom stereocenters. The quantitative estimate of drug-likeness (QED) is 0.642. The van der Waals surface area contributed by atoms with Crippen LogP contribution in [-0.4, -0.2) is 29.4 Å². The number of carbonyl (C=O) groups is 3. The third kappa shape index (κ3) is 7.15. The lowest BCUT2D eigenvalue weighted by atomic mass is 10.1. The molecule has 0 heterocycles. The number of rotatable bonds is 9. The number of halogens is 1. The van der Waals surface area contributed by atoms with Gasteiger partial charge in [-0.05, 0) is 30.5 Å². The van der Waals surface area contributed by atoms with Crippen molar-refractivity contribution in [1.82, 2.24) is 10.6 Å². The Kier molecular flexibility index (Phi) is 8.11. The maximum Gasteiger partial charge on any atom is 0.330 e. The van der Waals surface area contributed by atoms with Crippen LogP contribution < -0.4 is 10.6 Å². The Morgan fingerprint density at radius 1 is 1.13 bits per heavy atom. The van der Waals surface area contributed by atoms with E-state index in [4.69, 9.17) is 11.6 Å². The molecule has 0 bridgehead atoms. The van der Waals surface area contributed by atoms with E-state index in [1.807, 2.05) is 6.92 Å². The number of carboxylic acids is 1. The minimum absolute atomic E-state index is 0.0942. The van der Waals surface area contributed by atoms with Crippen LogP contribution >= 0.6 is 11.6 Å². The zero-order valence-electron chi connectivity index (χ0n) is 13.0. The van der Waals surface area contributed by atoms with Crippen molar-refractivity contribution >= 4 is 29.4 Å². The fourth-order valence-electron chi connectivity index (χ4n) is 1.94. The molecule has 0 aliphatic heterocycles. The number of hydrogen-bond acceptors (Lipinski definition) is 3. The number of aliphatic carboxylic acids is 1. The van der Waals surface area contributed by atoms with Crippen molar-refractivity contribution in [2.45, 2.75) is 38.6 Å². The summed E-state index contributed by atoms with van der Waals surface area (Å²) in [7, 11) is 0. The van der Waals surface area contributed by atoms with Crippen LogP contribution in [0.4, 0.5) is 0 Å². The fraction of sp³-hybridized carbons (Fsp3) is 0.438. The molecular formula is C16H21ClN2O4. The zero-order chi connectivity index (χ0) is 17.2. The van der Waals surface area contributed by atoms with Crippen molar-refractivity contribution in [3.8, 4) is 0 Å². The molecule has 1 rings (SSSR count). The summed E-state index contributed by atoms with van der Waals surface area (Å²) >= 11 is 5.76. The van der Waals surface area contributed by atoms with E-state index in [2.05, 4.69) is 10.6 Å². The van der Waals surface area contributed by atoms with Crippen molar-refractivity contribution in [3.05, 3.63) is 34.9 Å². The van der Waals surface area contributed by atoms with E-state index < -0.39 is 17.9 Å². The minimum Gasteiger partial charge on any atom is -0.479 e. The van der Waals surface area contributed by atoms with Gasteiger partial charge in [0.1, 0.15) is 0 Å². The molecule has 1 aromatic rings. The SMILES string of the molecule is CCCNC(=O)CCCC(=O)NC(C(=O)O)c1ccc(Cl)cc1. The third-order valence-corrected chi connectivity index (χ3v) is 3.39. The number of amides is 2. The van der Waals surface area contributed by atoms with Crippen LogP contribution in [0.2, 0.25) is 5.02 Å². The van der Waals surface area contributed by atoms with Gasteiger partial charge in [0.25, 0.3) is 0 Å². The molecule has 0 saturated heterocycles. The van der Waals surface area contributed by atoms with Gasteiger partial charge in [-0.25, -0.2) is 4.79 Å². The number of carboxylic acid groups (broad SMARTS) is 1. The summed E-state index contributed by atoms with van der Waals surface area (Å²) in [5, 5.41) is 14.9. The molecule has 0 aromatic heterocycles. The van der Waals surface area contributed by atoms with Gasteiger partial charge in [-0.1, -0.05) is 30.7 Å². The Labute approximate surface area is 140 Å². The highest BCUT2D eigenvalue weighted by Crippen LogP contribution is 2.17. The fourth-order valence-corrected chi connectivity index (χ4v) is 2.06. The summed E-state index contributed by atoms with van der Waals surface area (Å²) in [4.78, 5) is 34.6. The summed E-state index contributed by atoms with van der Waals surface area (Å²) in [6, 6.07) is 5.11. The van der Waals surface area contributed by atoms with E-state index in [1.165, 1.54) is 0 Å². The maximum absolute atomic E-state index is 11.9. The lowest BCUT2D eigenvalue weighted by Gasteiger charge is -2.15. The Morgan fingerprint density at radius 2 is 1.74 bits per heavy atom. The molecular weight excluding hydrogens is 320 g/mol. The first kappa shape index (κ1) is 19.0. The summed E-state index contributed by atoms with van der Waals surface area (Å²) < 4.78 is 0. The highest BCUT2D eigenvalue weighted by Gasteiger charge is 2.21. The Hall–Kier alpha value is -2.08. The smallest absolute Gasteiger partial charge is 0.330 e. The predicted molar refractivity (Wildman–Crippen MR) is 87.1 cm³/mol. The van der Waals surface area contributed by atoms with Gasteiger partial charge in [0, 0.05) is 24.4 Å². The summed E-state index contributed by atoms with van der Waals surface area (Å²) in [5.41, 5.74) is 0.441. The second kappa shape index (κ2) is 9.84. The first-order valence-electron chi connectivity index (χ1n) is 7.48. The monoisotopic (exact) mass is 340 g/mol. The van der Waals surface area contributed by atoms with E-state index in [0.717, 1.165) is 6.42 Å². The number of hydrogen-bond donors (Lipinski definition) is 3. The summed E-state index contributed by atoms with van der Waals surface area (Å²) in [6.45, 7) is 2.57. The van der Waals surface area contributed by atoms with Gasteiger partial charge in [0.2, 0.25) is 11.8 Å². The van der Waals surface area contributed by atoms with Crippen molar-refractivity contribution in [2.24, 2.45) is 0 Å². The molecule has 0 radical (unpaired) electrons. The van der Waals surface area contributed by atoms with E-state index in [1.54, 1.807) is 24.3 Å². The average molecular weight is 341 g/mol. The van der Waals surface area contributed by atoms with Gasteiger partial charge in [0.05, 0.1) is 0 Å². The molecule has 2 amide bonds. The highest BCUT2D eigenvalue weighted by molar-refractivity contribution is 6.30. The van der Waals surface area contributed by atoms with E-state index in [9.17, 15) is 19.5 Å². The molecule has 6 nitrogen and oxygen atoms in total. The molecule has 0 fully saturated rings. The molecule has 0 saturated carbocycles. The molecule has 1 aromatic carbocycles. The lowest BCUT2D eigenvalue weighted by molar-refractivity contribution is -0.142. The summed E-state index contributed by atoms with van der Waals surface area (Å²) in [6.07, 6.45) is 1.56. The second-order valence-electron chi connectivity index (χ2n) is 5.09. The normalized spacial score (nSPS) is 11.6. The van der Waals surface area contributed by atoms with Crippen molar-refractivity contribution < 1.29 is 19.5 Å². The van der Waals surface area contributed by atoms with Crippen LogP contribution in [0.25, 0.3) is 0 Å². The molecule has 3 N–H and O–H groups in total. The van der Waals surface area contributed by atoms with E-state index in [0.29, 0.717) is 23.6 Å². The van der Waals surface area contributed by atoms with Crippen molar-refractivity contribution in [2.75, 3.05) is 6.54 Å². The van der Waals surface area contributed by atoms with Gasteiger partial charge < -0.3 is 15.7 Å². The van der Waals surface area contributed by atoms with Crippen molar-refractivity contribution in [1.29, 1.82) is 0 Å². The van der Waals surface area contributed by atoms with E-state index >= 15 is 0 Å². The Balaban J connectivity index is 2.47. The number of carbonyl (C=O) groups excluding carboxylic acids is 2. The Morgan fingerprint density at radius 3 is 2.30 bits per heavy atom. The van der Waals surface area contributed by atoms with Gasteiger partial charge in [0.15, 0.2) is 6.04 Å². The molecule has 23 heavy (non-hydrogen) atoms. The second-order valence-corrected chi connectivity index (χ2v) is 5.53. The molecule has 126 valence electrons. The topological polar surface area (TPSA) is 95.5 Å². The average Bonchev–Trinajstić information content (AvgIpc) is 2.51. The van der Waals surface area contributed by atoms with Crippen LogP contribution in [0, 0.1) is 0 Å². The number of benzene rings is 1. The maximum atomic E-state index is 11.9. The van der Waals surface area contributed by atoms with Crippen LogP contribution in [0.5, 0.6) is 0 Å². The van der Waals surface area contributed by atoms with Gasteiger partial charge in [-0.2, -0.15) is 0 Å². The molecule has 0 spiro atoms. The third-order valence-electron chi connectivity index (χ3n) is 3.14. The van der Waals surface area contributed by atoms with Gasteiger partial charge in [-0.15, -0.1) is 0 Å². The van der Waals surface area contributed by atoms with Crippen LogP contribution in [0.15, 0.2) is 24.3 Å². The van der Waals surface area contributed by atoms with Crippen LogP contribution in [0.3, 0.4) is 0 Å². The van der Waals surface area contributed by atoms with Crippen LogP contribution in [-0.2, 0) is 14.4 Å². The first-order chi connectivity index (χ1) is 10.9. The molecule has 0 aliphatic carbocycles. The highest BCUT2D eigenvalue weighted by atomic mass is 35.5. The first-order valence-corrected chi connectivity index (χ1v) is 7.86. The lowest BCUT2D eigenvalue weighted by Crippen LogP contribution is -2.33. The van der Waals surface area contributed by atoms with Crippen LogP contribution in [0.1, 0.15) is 44.2 Å². The Bertz CT molecular complexity index is 546. The number of nitrogens with one attached hydrogen (secondary N) is 2. The molecule has 1 unspecified atom stereocenters. The molecule has 0 aliphatic rings. The van der Waals surface area contributed by atoms with E-state index in [-0.39, 0.29) is 18.7 Å². The predicted octanol–water partition coefficient (Wildman–Crippen LogP) is 2.28. The largest absolute Gasteiger partial charge is 0.479 e. The zero-order valence-corrected chi connectivity index (χ0v) is 13.7. The summed E-state index contributed by atoms with van der Waals surface area (Å²) in [5.74, 6) is -1.66. The van der Waals surface area contributed by atoms with Gasteiger partial charge >= 0.3 is 5.97 Å². The minimum atomic E-state index is -1.15. The molecule has 7 heteroatoms. The standard InChI is InChI=1S/C16H21ClN2O4/c1-2-10-18-13(20)4-3-5-14(21)19-15(16(22)23)11-6-8-12(17)9-7-11/h6-9,15H,2-5,10H2,1H3,(H,18,20)(H,19,21)(H,22,23).